The molecule has 0 aliphatic heterocycles. The standard InChI is InChI=1S/C26H24FN3O2S/c1-17-7-9-20(10-8-17)16-30-25(32)22-5-3-4-6-23(22)29-26(30)33-18(2)24(31)28-15-19-11-13-21(27)14-12-19/h3-14,18H,15-16H2,1-2H3,(H,28,31). The molecule has 1 atom stereocenters. The molecule has 0 aliphatic rings. The molecule has 0 bridgehead atoms. The molecule has 0 fully saturated rings. The van der Waals surface area contributed by atoms with E-state index in [0.717, 1.165) is 16.7 Å². The SMILES string of the molecule is Cc1ccc(Cn2c(SC(C)C(=O)NCc3ccc(F)cc3)nc3ccccc3c2=O)cc1. The third-order valence-electron chi connectivity index (χ3n) is 5.32. The van der Waals surface area contributed by atoms with Crippen LogP contribution in [0.5, 0.6) is 0 Å². The molecular formula is C26H24FN3O2S. The highest BCUT2D eigenvalue weighted by atomic mass is 32.2. The van der Waals surface area contributed by atoms with Crippen LogP contribution in [0.2, 0.25) is 0 Å². The van der Waals surface area contributed by atoms with E-state index in [9.17, 15) is 14.0 Å². The Labute approximate surface area is 195 Å². The number of carbonyl (C=O) groups is 1. The molecule has 33 heavy (non-hydrogen) atoms. The van der Waals surface area contributed by atoms with Gasteiger partial charge in [-0.05, 0) is 49.2 Å². The number of fused-ring (bicyclic) bond motifs is 1. The number of hydrogen-bond donors (Lipinski definition) is 1. The van der Waals surface area contributed by atoms with Gasteiger partial charge in [0.15, 0.2) is 5.16 Å². The number of amides is 1. The second kappa shape index (κ2) is 10.0. The van der Waals surface area contributed by atoms with Crippen molar-refractivity contribution >= 4 is 28.6 Å². The number of nitrogens with zero attached hydrogens (tertiary/aromatic N) is 2. The van der Waals surface area contributed by atoms with Gasteiger partial charge in [0, 0.05) is 6.54 Å². The van der Waals surface area contributed by atoms with E-state index in [4.69, 9.17) is 4.98 Å². The zero-order valence-corrected chi connectivity index (χ0v) is 19.2. The van der Waals surface area contributed by atoms with Crippen LogP contribution in [-0.2, 0) is 17.9 Å². The van der Waals surface area contributed by atoms with Crippen molar-refractivity contribution < 1.29 is 9.18 Å². The minimum Gasteiger partial charge on any atom is -0.351 e. The Morgan fingerprint density at radius 2 is 1.70 bits per heavy atom. The Kier molecular flexibility index (Phi) is 6.89. The molecule has 0 saturated heterocycles. The minimum absolute atomic E-state index is 0.136. The summed E-state index contributed by atoms with van der Waals surface area (Å²) >= 11 is 1.25. The van der Waals surface area contributed by atoms with Gasteiger partial charge in [-0.2, -0.15) is 0 Å². The van der Waals surface area contributed by atoms with Gasteiger partial charge in [-0.25, -0.2) is 9.37 Å². The van der Waals surface area contributed by atoms with Crippen molar-refractivity contribution in [2.24, 2.45) is 0 Å². The van der Waals surface area contributed by atoms with E-state index in [1.54, 1.807) is 35.8 Å². The molecule has 4 aromatic rings. The number of aromatic nitrogens is 2. The average molecular weight is 462 g/mol. The zero-order valence-electron chi connectivity index (χ0n) is 18.4. The summed E-state index contributed by atoms with van der Waals surface area (Å²) in [6.07, 6.45) is 0. The maximum absolute atomic E-state index is 13.3. The van der Waals surface area contributed by atoms with Crippen LogP contribution in [0.1, 0.15) is 23.6 Å². The number of carbonyl (C=O) groups excluding carboxylic acids is 1. The van der Waals surface area contributed by atoms with Gasteiger partial charge >= 0.3 is 0 Å². The number of aryl methyl sites for hydroxylation is 1. The van der Waals surface area contributed by atoms with Crippen LogP contribution in [0, 0.1) is 12.7 Å². The second-order valence-corrected chi connectivity index (χ2v) is 9.20. The molecule has 4 rings (SSSR count). The summed E-state index contributed by atoms with van der Waals surface area (Å²) in [7, 11) is 0. The first kappa shape index (κ1) is 22.7. The summed E-state index contributed by atoms with van der Waals surface area (Å²) in [4.78, 5) is 30.7. The van der Waals surface area contributed by atoms with E-state index in [1.807, 2.05) is 43.3 Å². The highest BCUT2D eigenvalue weighted by Crippen LogP contribution is 2.23. The fraction of sp³-hybridized carbons (Fsp3) is 0.192. The molecule has 1 amide bonds. The van der Waals surface area contributed by atoms with Gasteiger partial charge in [0.25, 0.3) is 5.56 Å². The van der Waals surface area contributed by atoms with Gasteiger partial charge in [0.2, 0.25) is 5.91 Å². The Hall–Kier alpha value is -3.45. The lowest BCUT2D eigenvalue weighted by Gasteiger charge is -2.17. The van der Waals surface area contributed by atoms with Crippen molar-refractivity contribution in [2.45, 2.75) is 37.3 Å². The van der Waals surface area contributed by atoms with E-state index >= 15 is 0 Å². The van der Waals surface area contributed by atoms with Crippen LogP contribution >= 0.6 is 11.8 Å². The van der Waals surface area contributed by atoms with E-state index in [1.165, 1.54) is 23.9 Å². The molecule has 1 N–H and O–H groups in total. The predicted molar refractivity (Wildman–Crippen MR) is 130 cm³/mol. The third kappa shape index (κ3) is 5.49. The number of thioether (sulfide) groups is 1. The van der Waals surface area contributed by atoms with Crippen molar-refractivity contribution in [1.29, 1.82) is 0 Å². The molecule has 0 aliphatic carbocycles. The maximum Gasteiger partial charge on any atom is 0.262 e. The van der Waals surface area contributed by atoms with Crippen molar-refractivity contribution in [3.8, 4) is 0 Å². The molecule has 1 unspecified atom stereocenters. The summed E-state index contributed by atoms with van der Waals surface area (Å²) in [5, 5.41) is 3.42. The first-order valence-electron chi connectivity index (χ1n) is 10.6. The highest BCUT2D eigenvalue weighted by Gasteiger charge is 2.19. The molecule has 1 heterocycles. The van der Waals surface area contributed by atoms with E-state index < -0.39 is 5.25 Å². The number of nitrogens with one attached hydrogen (secondary N) is 1. The number of rotatable bonds is 7. The molecule has 5 nitrogen and oxygen atoms in total. The zero-order chi connectivity index (χ0) is 23.4. The largest absolute Gasteiger partial charge is 0.351 e. The van der Waals surface area contributed by atoms with Crippen LogP contribution in [0.3, 0.4) is 0 Å². The van der Waals surface area contributed by atoms with Gasteiger partial charge in [-0.15, -0.1) is 0 Å². The topological polar surface area (TPSA) is 64.0 Å². The summed E-state index contributed by atoms with van der Waals surface area (Å²) < 4.78 is 14.7. The molecule has 0 radical (unpaired) electrons. The van der Waals surface area contributed by atoms with Crippen LogP contribution in [0.15, 0.2) is 82.7 Å². The van der Waals surface area contributed by atoms with Crippen LogP contribution < -0.4 is 10.9 Å². The Morgan fingerprint density at radius 1 is 1.03 bits per heavy atom. The summed E-state index contributed by atoms with van der Waals surface area (Å²) in [5.74, 6) is -0.503. The average Bonchev–Trinajstić information content (AvgIpc) is 2.82. The molecular weight excluding hydrogens is 437 g/mol. The molecule has 168 valence electrons. The van der Waals surface area contributed by atoms with E-state index in [0.29, 0.717) is 29.1 Å². The third-order valence-corrected chi connectivity index (χ3v) is 6.41. The lowest BCUT2D eigenvalue weighted by molar-refractivity contribution is -0.120. The van der Waals surface area contributed by atoms with Crippen molar-refractivity contribution in [1.82, 2.24) is 14.9 Å². The summed E-state index contributed by atoms with van der Waals surface area (Å²) in [6, 6.07) is 21.2. The fourth-order valence-electron chi connectivity index (χ4n) is 3.40. The predicted octanol–water partition coefficient (Wildman–Crippen LogP) is 4.69. The van der Waals surface area contributed by atoms with Gasteiger partial charge in [-0.3, -0.25) is 14.2 Å². The van der Waals surface area contributed by atoms with Crippen LogP contribution in [0.4, 0.5) is 4.39 Å². The molecule has 3 aromatic carbocycles. The minimum atomic E-state index is -0.484. The monoisotopic (exact) mass is 461 g/mol. The highest BCUT2D eigenvalue weighted by molar-refractivity contribution is 8.00. The van der Waals surface area contributed by atoms with Gasteiger partial charge in [-0.1, -0.05) is 65.9 Å². The van der Waals surface area contributed by atoms with Crippen LogP contribution in [0.25, 0.3) is 10.9 Å². The Morgan fingerprint density at radius 3 is 2.42 bits per heavy atom. The van der Waals surface area contributed by atoms with E-state index in [2.05, 4.69) is 5.32 Å². The molecule has 0 spiro atoms. The Bertz CT molecular complexity index is 1330. The molecule has 7 heteroatoms. The van der Waals surface area contributed by atoms with Crippen molar-refractivity contribution in [3.05, 3.63) is 106 Å². The molecule has 0 saturated carbocycles. The number of hydrogen-bond acceptors (Lipinski definition) is 4. The number of halogens is 1. The molecule has 1 aromatic heterocycles. The van der Waals surface area contributed by atoms with Crippen molar-refractivity contribution in [3.63, 3.8) is 0 Å². The first-order valence-corrected chi connectivity index (χ1v) is 11.5. The summed E-state index contributed by atoms with van der Waals surface area (Å²) in [6.45, 7) is 4.46. The summed E-state index contributed by atoms with van der Waals surface area (Å²) in [5.41, 5.74) is 3.40. The second-order valence-electron chi connectivity index (χ2n) is 7.89. The normalized spacial score (nSPS) is 12.0. The number of para-hydroxylation sites is 1. The van der Waals surface area contributed by atoms with Crippen molar-refractivity contribution in [2.75, 3.05) is 0 Å². The van der Waals surface area contributed by atoms with Crippen LogP contribution in [-0.4, -0.2) is 20.7 Å². The first-order chi connectivity index (χ1) is 15.9. The quantitative estimate of drug-likeness (QED) is 0.320. The lowest BCUT2D eigenvalue weighted by atomic mass is 10.1. The number of benzene rings is 3. The van der Waals surface area contributed by atoms with Gasteiger partial charge < -0.3 is 5.32 Å². The smallest absolute Gasteiger partial charge is 0.262 e. The van der Waals surface area contributed by atoms with Gasteiger partial charge in [0.1, 0.15) is 5.82 Å². The lowest BCUT2D eigenvalue weighted by Crippen LogP contribution is -2.31. The fourth-order valence-corrected chi connectivity index (χ4v) is 4.33. The van der Waals surface area contributed by atoms with E-state index in [-0.39, 0.29) is 17.3 Å². The Balaban J connectivity index is 1.58. The van der Waals surface area contributed by atoms with Gasteiger partial charge in [0.05, 0.1) is 22.7 Å². The maximum atomic E-state index is 13.3.